The Morgan fingerprint density at radius 3 is 2.76 bits per heavy atom. The van der Waals surface area contributed by atoms with Crippen molar-refractivity contribution >= 4 is 11.8 Å². The normalized spacial score (nSPS) is 43.8. The highest BCUT2D eigenvalue weighted by molar-refractivity contribution is 5.92. The zero-order valence-electron chi connectivity index (χ0n) is 20.7. The van der Waals surface area contributed by atoms with Gasteiger partial charge in [-0.3, -0.25) is 4.84 Å². The molecule has 0 unspecified atom stereocenters. The number of hydrogen-bond acceptors (Lipinski definition) is 5. The molecule has 0 aromatic rings. The van der Waals surface area contributed by atoms with E-state index in [9.17, 15) is 4.79 Å². The second kappa shape index (κ2) is 9.33. The summed E-state index contributed by atoms with van der Waals surface area (Å²) in [5.41, 5.74) is 3.11. The summed E-state index contributed by atoms with van der Waals surface area (Å²) in [6, 6.07) is 0. The van der Waals surface area contributed by atoms with Gasteiger partial charge < -0.3 is 14.8 Å². The molecular formula is C27H42N2O4. The van der Waals surface area contributed by atoms with Gasteiger partial charge in [0, 0.05) is 18.6 Å². The molecule has 5 aliphatic rings. The molecule has 1 aliphatic heterocycles. The van der Waals surface area contributed by atoms with Crippen molar-refractivity contribution in [1.29, 1.82) is 0 Å². The summed E-state index contributed by atoms with van der Waals surface area (Å²) in [5, 5.41) is 7.03. The van der Waals surface area contributed by atoms with Gasteiger partial charge in [0.15, 0.2) is 6.29 Å². The number of allylic oxidation sites excluding steroid dienone is 1. The quantitative estimate of drug-likeness (QED) is 0.320. The first kappa shape index (κ1) is 23.3. The predicted molar refractivity (Wildman–Crippen MR) is 128 cm³/mol. The molecule has 184 valence electrons. The van der Waals surface area contributed by atoms with E-state index in [4.69, 9.17) is 14.3 Å². The molecule has 6 heteroatoms. The first-order valence-corrected chi connectivity index (χ1v) is 13.4. The van der Waals surface area contributed by atoms with Crippen LogP contribution in [0.4, 0.5) is 4.79 Å². The van der Waals surface area contributed by atoms with Crippen LogP contribution in [0.1, 0.15) is 91.4 Å². The van der Waals surface area contributed by atoms with Crippen LogP contribution in [-0.4, -0.2) is 37.4 Å². The summed E-state index contributed by atoms with van der Waals surface area (Å²) in [5.74, 6) is 2.08. The highest BCUT2D eigenvalue weighted by Gasteiger charge is 2.58. The van der Waals surface area contributed by atoms with E-state index in [0.717, 1.165) is 50.3 Å². The van der Waals surface area contributed by atoms with Crippen molar-refractivity contribution in [2.45, 2.75) is 104 Å². The van der Waals surface area contributed by atoms with Crippen LogP contribution in [-0.2, 0) is 14.3 Å². The number of fused-ring (bicyclic) bond motifs is 5. The Hall–Kier alpha value is -1.40. The molecule has 1 N–H and O–H groups in total. The first-order valence-electron chi connectivity index (χ1n) is 13.4. The third-order valence-electron chi connectivity index (χ3n) is 9.84. The Labute approximate surface area is 198 Å². The molecule has 1 heterocycles. The van der Waals surface area contributed by atoms with Crippen molar-refractivity contribution < 1.29 is 19.1 Å². The summed E-state index contributed by atoms with van der Waals surface area (Å²) in [7, 11) is 0. The van der Waals surface area contributed by atoms with Crippen LogP contribution in [0.5, 0.6) is 0 Å². The Kier molecular flexibility index (Phi) is 6.60. The van der Waals surface area contributed by atoms with E-state index < -0.39 is 6.09 Å². The molecule has 1 amide bonds. The van der Waals surface area contributed by atoms with E-state index in [1.807, 2.05) is 6.92 Å². The van der Waals surface area contributed by atoms with Gasteiger partial charge >= 0.3 is 6.09 Å². The lowest BCUT2D eigenvalue weighted by Gasteiger charge is -2.57. The van der Waals surface area contributed by atoms with Crippen molar-refractivity contribution in [2.24, 2.45) is 33.7 Å². The molecule has 0 radical (unpaired) electrons. The average Bonchev–Trinajstić information content (AvgIpc) is 3.15. The second-order valence-electron chi connectivity index (χ2n) is 11.5. The summed E-state index contributed by atoms with van der Waals surface area (Å²) in [6.07, 6.45) is 15.0. The third-order valence-corrected chi connectivity index (χ3v) is 9.84. The van der Waals surface area contributed by atoms with Crippen molar-refractivity contribution in [3.05, 3.63) is 11.6 Å². The average molecular weight is 459 g/mol. The maximum absolute atomic E-state index is 11.8. The van der Waals surface area contributed by atoms with Crippen molar-refractivity contribution in [1.82, 2.24) is 5.32 Å². The molecule has 1 saturated heterocycles. The number of carbonyl (C=O) groups excluding carboxylic acids is 1. The lowest BCUT2D eigenvalue weighted by molar-refractivity contribution is -0.195. The molecule has 33 heavy (non-hydrogen) atoms. The molecular weight excluding hydrogens is 416 g/mol. The molecule has 3 saturated carbocycles. The maximum atomic E-state index is 11.8. The lowest BCUT2D eigenvalue weighted by atomic mass is 9.48. The molecule has 4 aliphatic carbocycles. The smallest absolute Gasteiger partial charge is 0.353 e. The number of nitrogens with one attached hydrogen (secondary N) is 1. The van der Waals surface area contributed by atoms with Gasteiger partial charge in [0.25, 0.3) is 0 Å². The van der Waals surface area contributed by atoms with Gasteiger partial charge in [-0.15, -0.1) is 0 Å². The van der Waals surface area contributed by atoms with Crippen LogP contribution in [0.3, 0.4) is 0 Å². The van der Waals surface area contributed by atoms with Gasteiger partial charge in [0.2, 0.25) is 0 Å². The third kappa shape index (κ3) is 4.27. The van der Waals surface area contributed by atoms with Gasteiger partial charge in [-0.1, -0.05) is 30.7 Å². The zero-order chi connectivity index (χ0) is 23.1. The second-order valence-corrected chi connectivity index (χ2v) is 11.5. The van der Waals surface area contributed by atoms with Crippen LogP contribution < -0.4 is 5.32 Å². The van der Waals surface area contributed by atoms with E-state index in [0.29, 0.717) is 29.9 Å². The summed E-state index contributed by atoms with van der Waals surface area (Å²) in [4.78, 5) is 17.0. The van der Waals surface area contributed by atoms with Crippen LogP contribution in [0.25, 0.3) is 0 Å². The molecule has 0 aromatic carbocycles. The maximum Gasteiger partial charge on any atom is 0.433 e. The zero-order valence-corrected chi connectivity index (χ0v) is 20.7. The Bertz CT molecular complexity index is 804. The predicted octanol–water partition coefficient (Wildman–Crippen LogP) is 5.96. The minimum absolute atomic E-state index is 0.0123. The fraction of sp³-hybridized carbons (Fsp3) is 0.852. The summed E-state index contributed by atoms with van der Waals surface area (Å²) < 4.78 is 12.3. The number of rotatable bonds is 4. The van der Waals surface area contributed by atoms with Crippen LogP contribution in [0.15, 0.2) is 16.8 Å². The molecule has 7 atom stereocenters. The minimum Gasteiger partial charge on any atom is -0.353 e. The monoisotopic (exact) mass is 458 g/mol. The van der Waals surface area contributed by atoms with E-state index in [2.05, 4.69) is 30.4 Å². The topological polar surface area (TPSA) is 69.2 Å². The van der Waals surface area contributed by atoms with Gasteiger partial charge in [-0.05, 0) is 101 Å². The summed E-state index contributed by atoms with van der Waals surface area (Å²) >= 11 is 0. The van der Waals surface area contributed by atoms with Gasteiger partial charge in [0.1, 0.15) is 0 Å². The van der Waals surface area contributed by atoms with Gasteiger partial charge in [-0.2, -0.15) is 0 Å². The van der Waals surface area contributed by atoms with Crippen LogP contribution in [0.2, 0.25) is 0 Å². The van der Waals surface area contributed by atoms with Crippen molar-refractivity contribution in [3.63, 3.8) is 0 Å². The SMILES string of the molecule is CCNC(=O)O/N=C1\CC[C@H]2[C@@H]3CC=C4C[C@@H](O[C@@H]5CCCCO5)CC[C@]4(C)[C@H]3CC[C@]12C. The Morgan fingerprint density at radius 1 is 1.15 bits per heavy atom. The fourth-order valence-corrected chi connectivity index (χ4v) is 7.99. The Balaban J connectivity index is 1.28. The molecule has 6 nitrogen and oxygen atoms in total. The van der Waals surface area contributed by atoms with E-state index in [1.165, 1.54) is 38.5 Å². The number of nitrogens with zero attached hydrogens (tertiary/aromatic N) is 1. The van der Waals surface area contributed by atoms with E-state index in [1.54, 1.807) is 5.57 Å². The van der Waals surface area contributed by atoms with Crippen molar-refractivity contribution in [2.75, 3.05) is 13.2 Å². The largest absolute Gasteiger partial charge is 0.433 e. The van der Waals surface area contributed by atoms with Crippen LogP contribution >= 0.6 is 0 Å². The van der Waals surface area contributed by atoms with Gasteiger partial charge in [-0.25, -0.2) is 4.79 Å². The van der Waals surface area contributed by atoms with E-state index >= 15 is 0 Å². The fourth-order valence-electron chi connectivity index (χ4n) is 7.99. The minimum atomic E-state index is -0.443. The number of carbonyl (C=O) groups is 1. The number of ether oxygens (including phenoxy) is 2. The number of hydrogen-bond donors (Lipinski definition) is 1. The van der Waals surface area contributed by atoms with E-state index in [-0.39, 0.29) is 11.7 Å². The molecule has 5 rings (SSSR count). The Morgan fingerprint density at radius 2 is 1.97 bits per heavy atom. The number of amides is 1. The highest BCUT2D eigenvalue weighted by atomic mass is 16.7. The number of oxime groups is 1. The lowest BCUT2D eigenvalue weighted by Crippen LogP contribution is -2.50. The van der Waals surface area contributed by atoms with Crippen LogP contribution in [0, 0.1) is 28.6 Å². The highest BCUT2D eigenvalue weighted by Crippen LogP contribution is 2.64. The molecule has 0 aromatic heterocycles. The molecule has 0 spiro atoms. The first-order chi connectivity index (χ1) is 15.9. The van der Waals surface area contributed by atoms with Crippen molar-refractivity contribution in [3.8, 4) is 0 Å². The standard InChI is InChI=1S/C27H42N2O4/c1-4-28-25(30)33-29-23-11-10-21-20-9-8-18-17-19(32-24-7-5-6-16-31-24)12-14-26(18,2)22(20)13-15-27(21,23)3/h8,19-22,24H,4-7,9-17H2,1-3H3,(H,28,30)/b29-23+/t19-,20-,21-,22-,24+,26-,27-/m0/s1. The van der Waals surface area contributed by atoms with Gasteiger partial charge in [0.05, 0.1) is 11.8 Å². The summed E-state index contributed by atoms with van der Waals surface area (Å²) in [6.45, 7) is 8.20. The molecule has 4 fully saturated rings. The molecule has 0 bridgehead atoms.